The molecule has 1 aromatic heterocycles. The number of hydrogen-bond donors (Lipinski definition) is 1. The van der Waals surface area contributed by atoms with E-state index in [-0.39, 0.29) is 5.56 Å². The predicted octanol–water partition coefficient (Wildman–Crippen LogP) is 3.52. The lowest BCUT2D eigenvalue weighted by atomic mass is 9.78. The minimum atomic E-state index is -0.947. The summed E-state index contributed by atoms with van der Waals surface area (Å²) < 4.78 is 1.96. The number of rotatable bonds is 3. The van der Waals surface area contributed by atoms with E-state index in [1.807, 2.05) is 10.7 Å². The highest BCUT2D eigenvalue weighted by atomic mass is 16.4. The van der Waals surface area contributed by atoms with E-state index < -0.39 is 5.97 Å². The van der Waals surface area contributed by atoms with Crippen molar-refractivity contribution in [2.24, 2.45) is 11.8 Å². The summed E-state index contributed by atoms with van der Waals surface area (Å²) in [5, 5.41) is 17.7. The van der Waals surface area contributed by atoms with Crippen molar-refractivity contribution in [2.45, 2.75) is 45.6 Å². The van der Waals surface area contributed by atoms with Gasteiger partial charge in [-0.25, -0.2) is 9.48 Å². The van der Waals surface area contributed by atoms with Gasteiger partial charge in [0.2, 0.25) is 0 Å². The monoisotopic (exact) mass is 287 g/mol. The van der Waals surface area contributed by atoms with Crippen molar-refractivity contribution < 1.29 is 9.90 Å². The SMILES string of the molecule is CC(C)C1CCCCC1n1nnc2c(C(=O)O)cccc21. The zero-order valence-corrected chi connectivity index (χ0v) is 12.5. The van der Waals surface area contributed by atoms with Gasteiger partial charge in [-0.3, -0.25) is 0 Å². The number of aromatic carboxylic acids is 1. The van der Waals surface area contributed by atoms with Crippen LogP contribution in [0.1, 0.15) is 55.9 Å². The summed E-state index contributed by atoms with van der Waals surface area (Å²) in [6.45, 7) is 4.51. The van der Waals surface area contributed by atoms with E-state index in [9.17, 15) is 9.90 Å². The van der Waals surface area contributed by atoms with E-state index in [4.69, 9.17) is 0 Å². The fourth-order valence-corrected chi connectivity index (χ4v) is 3.60. The lowest BCUT2D eigenvalue weighted by Gasteiger charge is -2.34. The molecule has 1 fully saturated rings. The van der Waals surface area contributed by atoms with Crippen molar-refractivity contribution in [2.75, 3.05) is 0 Å². The Bertz CT molecular complexity index is 663. The molecule has 0 bridgehead atoms. The van der Waals surface area contributed by atoms with E-state index in [1.54, 1.807) is 12.1 Å². The minimum Gasteiger partial charge on any atom is -0.478 e. The van der Waals surface area contributed by atoms with Crippen LogP contribution in [0.4, 0.5) is 0 Å². The van der Waals surface area contributed by atoms with Gasteiger partial charge in [0.15, 0.2) is 0 Å². The molecule has 0 spiro atoms. The first-order valence-corrected chi connectivity index (χ1v) is 7.67. The zero-order valence-electron chi connectivity index (χ0n) is 12.5. The summed E-state index contributed by atoms with van der Waals surface area (Å²) in [5.74, 6) is 0.228. The molecule has 5 nitrogen and oxygen atoms in total. The standard InChI is InChI=1S/C16H21N3O2/c1-10(2)11-6-3-4-8-13(11)19-14-9-5-7-12(16(20)21)15(14)17-18-19/h5,7,9-11,13H,3-4,6,8H2,1-2H3,(H,20,21). The summed E-state index contributed by atoms with van der Waals surface area (Å²) >= 11 is 0. The van der Waals surface area contributed by atoms with Crippen LogP contribution in [0.25, 0.3) is 11.0 Å². The third-order valence-corrected chi connectivity index (χ3v) is 4.69. The van der Waals surface area contributed by atoms with Gasteiger partial charge in [0.1, 0.15) is 5.52 Å². The summed E-state index contributed by atoms with van der Waals surface area (Å²) in [7, 11) is 0. The Morgan fingerprint density at radius 1 is 1.33 bits per heavy atom. The largest absolute Gasteiger partial charge is 0.478 e. The second-order valence-corrected chi connectivity index (χ2v) is 6.27. The molecule has 1 aliphatic rings. The van der Waals surface area contributed by atoms with Gasteiger partial charge in [-0.2, -0.15) is 0 Å². The molecule has 0 amide bonds. The maximum atomic E-state index is 11.3. The van der Waals surface area contributed by atoms with Gasteiger partial charge in [0.25, 0.3) is 0 Å². The Labute approximate surface area is 124 Å². The van der Waals surface area contributed by atoms with Gasteiger partial charge in [0, 0.05) is 0 Å². The molecular formula is C16H21N3O2. The van der Waals surface area contributed by atoms with Crippen LogP contribution < -0.4 is 0 Å². The molecule has 1 aliphatic carbocycles. The molecule has 2 atom stereocenters. The van der Waals surface area contributed by atoms with Crippen molar-refractivity contribution in [1.29, 1.82) is 0 Å². The molecule has 0 radical (unpaired) electrons. The van der Waals surface area contributed by atoms with E-state index in [2.05, 4.69) is 24.2 Å². The first-order valence-electron chi connectivity index (χ1n) is 7.67. The van der Waals surface area contributed by atoms with Crippen LogP contribution in [0.2, 0.25) is 0 Å². The normalized spacial score (nSPS) is 22.8. The number of hydrogen-bond acceptors (Lipinski definition) is 3. The number of benzene rings is 1. The van der Waals surface area contributed by atoms with E-state index in [0.29, 0.717) is 23.4 Å². The third kappa shape index (κ3) is 2.41. The summed E-state index contributed by atoms with van der Waals surface area (Å²) in [6, 6.07) is 5.62. The van der Waals surface area contributed by atoms with Crippen LogP contribution in [-0.2, 0) is 0 Å². The Hall–Kier alpha value is -1.91. The molecule has 5 heteroatoms. The fraction of sp³-hybridized carbons (Fsp3) is 0.562. The van der Waals surface area contributed by atoms with Crippen molar-refractivity contribution in [3.8, 4) is 0 Å². The summed E-state index contributed by atoms with van der Waals surface area (Å²) in [6.07, 6.45) is 4.78. The summed E-state index contributed by atoms with van der Waals surface area (Å²) in [4.78, 5) is 11.3. The van der Waals surface area contributed by atoms with Crippen LogP contribution in [0.3, 0.4) is 0 Å². The lowest BCUT2D eigenvalue weighted by molar-refractivity contribution is 0.0699. The first kappa shape index (κ1) is 14.0. The molecule has 1 N–H and O–H groups in total. The van der Waals surface area contributed by atoms with E-state index >= 15 is 0 Å². The smallest absolute Gasteiger partial charge is 0.338 e. The van der Waals surface area contributed by atoms with Gasteiger partial charge in [-0.15, -0.1) is 5.10 Å². The van der Waals surface area contributed by atoms with Gasteiger partial charge in [-0.1, -0.05) is 38.0 Å². The average molecular weight is 287 g/mol. The Morgan fingerprint density at radius 2 is 2.10 bits per heavy atom. The number of carboxylic acid groups (broad SMARTS) is 1. The maximum Gasteiger partial charge on any atom is 0.338 e. The van der Waals surface area contributed by atoms with Gasteiger partial charge >= 0.3 is 5.97 Å². The summed E-state index contributed by atoms with van der Waals surface area (Å²) in [5.41, 5.74) is 1.57. The van der Waals surface area contributed by atoms with Crippen LogP contribution >= 0.6 is 0 Å². The Kier molecular flexibility index (Phi) is 3.66. The molecule has 112 valence electrons. The van der Waals surface area contributed by atoms with Crippen molar-refractivity contribution in [3.63, 3.8) is 0 Å². The van der Waals surface area contributed by atoms with Crippen LogP contribution in [0.5, 0.6) is 0 Å². The molecule has 1 aromatic carbocycles. The first-order chi connectivity index (χ1) is 10.1. The van der Waals surface area contributed by atoms with Gasteiger partial charge in [-0.05, 0) is 36.8 Å². The average Bonchev–Trinajstić information content (AvgIpc) is 2.90. The highest BCUT2D eigenvalue weighted by Crippen LogP contribution is 2.39. The molecule has 21 heavy (non-hydrogen) atoms. The molecule has 0 aliphatic heterocycles. The number of carboxylic acids is 1. The van der Waals surface area contributed by atoms with Crippen molar-refractivity contribution in [1.82, 2.24) is 15.0 Å². The second-order valence-electron chi connectivity index (χ2n) is 6.27. The molecular weight excluding hydrogens is 266 g/mol. The van der Waals surface area contributed by atoms with Crippen molar-refractivity contribution >= 4 is 17.0 Å². The molecule has 1 saturated carbocycles. The number of fused-ring (bicyclic) bond motifs is 1. The molecule has 1 heterocycles. The van der Waals surface area contributed by atoms with Crippen LogP contribution in [-0.4, -0.2) is 26.1 Å². The second kappa shape index (κ2) is 5.47. The topological polar surface area (TPSA) is 68.0 Å². The lowest BCUT2D eigenvalue weighted by Crippen LogP contribution is -2.27. The Morgan fingerprint density at radius 3 is 2.81 bits per heavy atom. The van der Waals surface area contributed by atoms with E-state index in [0.717, 1.165) is 11.9 Å². The maximum absolute atomic E-state index is 11.3. The van der Waals surface area contributed by atoms with Crippen LogP contribution in [0, 0.1) is 11.8 Å². The van der Waals surface area contributed by atoms with Gasteiger partial charge < -0.3 is 5.11 Å². The third-order valence-electron chi connectivity index (χ3n) is 4.69. The highest BCUT2D eigenvalue weighted by molar-refractivity contribution is 6.00. The Balaban J connectivity index is 2.08. The van der Waals surface area contributed by atoms with E-state index in [1.165, 1.54) is 19.3 Å². The molecule has 2 aromatic rings. The minimum absolute atomic E-state index is 0.232. The molecule has 3 rings (SSSR count). The fourth-order valence-electron chi connectivity index (χ4n) is 3.60. The zero-order chi connectivity index (χ0) is 15.0. The number of nitrogens with zero attached hydrogens (tertiary/aromatic N) is 3. The molecule has 2 unspecified atom stereocenters. The van der Waals surface area contributed by atoms with Gasteiger partial charge in [0.05, 0.1) is 17.1 Å². The number of aromatic nitrogens is 3. The van der Waals surface area contributed by atoms with Crippen molar-refractivity contribution in [3.05, 3.63) is 23.8 Å². The van der Waals surface area contributed by atoms with Crippen LogP contribution in [0.15, 0.2) is 18.2 Å². The quantitative estimate of drug-likeness (QED) is 0.937. The number of carbonyl (C=O) groups is 1. The predicted molar refractivity (Wildman–Crippen MR) is 80.3 cm³/mol. The highest BCUT2D eigenvalue weighted by Gasteiger charge is 2.31. The molecule has 0 saturated heterocycles.